The van der Waals surface area contributed by atoms with Crippen LogP contribution in [0.3, 0.4) is 0 Å². The van der Waals surface area contributed by atoms with Crippen LogP contribution in [-0.2, 0) is 4.74 Å². The van der Waals surface area contributed by atoms with E-state index in [0.29, 0.717) is 24.3 Å². The van der Waals surface area contributed by atoms with Gasteiger partial charge in [-0.25, -0.2) is 0 Å². The van der Waals surface area contributed by atoms with Gasteiger partial charge in [-0.2, -0.15) is 0 Å². The zero-order valence-corrected chi connectivity index (χ0v) is 13.2. The fraction of sp³-hybridized carbons (Fsp3) is 0.647. The molecule has 1 aliphatic rings. The molecule has 0 aromatic heterocycles. The lowest BCUT2D eigenvalue weighted by atomic mass is 9.98. The molecule has 1 N–H and O–H groups in total. The van der Waals surface area contributed by atoms with E-state index in [-0.39, 0.29) is 0 Å². The third-order valence-corrected chi connectivity index (χ3v) is 4.09. The van der Waals surface area contributed by atoms with Crippen molar-refractivity contribution in [1.29, 1.82) is 0 Å². The first-order chi connectivity index (χ1) is 9.61. The number of rotatable bonds is 5. The molecule has 1 aliphatic heterocycles. The zero-order chi connectivity index (χ0) is 14.5. The van der Waals surface area contributed by atoms with Crippen molar-refractivity contribution in [3.8, 4) is 0 Å². The number of nitrogens with one attached hydrogen (secondary N) is 1. The first-order valence-electron chi connectivity index (χ1n) is 7.79. The highest BCUT2D eigenvalue weighted by atomic mass is 16.5. The minimum absolute atomic E-state index is 0.319. The fourth-order valence-corrected chi connectivity index (χ4v) is 3.21. The minimum Gasteiger partial charge on any atom is -0.373 e. The van der Waals surface area contributed by atoms with E-state index < -0.39 is 0 Å². The Balaban J connectivity index is 2.12. The van der Waals surface area contributed by atoms with Crippen molar-refractivity contribution in [3.05, 3.63) is 35.9 Å². The van der Waals surface area contributed by atoms with Crippen LogP contribution in [0, 0.1) is 0 Å². The van der Waals surface area contributed by atoms with Gasteiger partial charge in [0.25, 0.3) is 0 Å². The molecular weight excluding hydrogens is 248 g/mol. The first-order valence-corrected chi connectivity index (χ1v) is 7.79. The van der Waals surface area contributed by atoms with Crippen molar-refractivity contribution in [2.75, 3.05) is 19.6 Å². The lowest BCUT2D eigenvalue weighted by Gasteiger charge is -2.42. The summed E-state index contributed by atoms with van der Waals surface area (Å²) in [5.41, 5.74) is 1.37. The Hall–Kier alpha value is -0.900. The number of hydrogen-bond acceptors (Lipinski definition) is 3. The largest absolute Gasteiger partial charge is 0.373 e. The van der Waals surface area contributed by atoms with Crippen molar-refractivity contribution in [3.63, 3.8) is 0 Å². The topological polar surface area (TPSA) is 24.5 Å². The Morgan fingerprint density at radius 1 is 1.20 bits per heavy atom. The fourth-order valence-electron chi connectivity index (χ4n) is 3.21. The van der Waals surface area contributed by atoms with Crippen LogP contribution in [0.5, 0.6) is 0 Å². The van der Waals surface area contributed by atoms with E-state index in [1.807, 2.05) is 0 Å². The average molecular weight is 276 g/mol. The molecule has 0 saturated carbocycles. The molecule has 2 rings (SSSR count). The molecule has 20 heavy (non-hydrogen) atoms. The molecule has 0 aliphatic carbocycles. The lowest BCUT2D eigenvalue weighted by Crippen LogP contribution is -2.52. The molecule has 1 aromatic rings. The molecular formula is C17H28N2O. The van der Waals surface area contributed by atoms with E-state index in [0.717, 1.165) is 19.6 Å². The maximum Gasteiger partial charge on any atom is 0.0678 e. The zero-order valence-electron chi connectivity index (χ0n) is 13.2. The van der Waals surface area contributed by atoms with Gasteiger partial charge < -0.3 is 10.1 Å². The maximum atomic E-state index is 5.85. The molecule has 0 bridgehead atoms. The molecule has 112 valence electrons. The van der Waals surface area contributed by atoms with Crippen LogP contribution in [0.25, 0.3) is 0 Å². The standard InChI is InChI=1S/C17H28N2O/c1-5-18-17(16-9-7-6-8-10-16)15(4)19-11-13(2)20-14(3)12-19/h6-10,13-15,17-18H,5,11-12H2,1-4H3/t13-,14+,15?,17?. The second-order valence-corrected chi connectivity index (χ2v) is 5.90. The third-order valence-electron chi connectivity index (χ3n) is 4.09. The molecule has 1 saturated heterocycles. The Labute approximate surface area is 123 Å². The molecule has 3 nitrogen and oxygen atoms in total. The van der Waals surface area contributed by atoms with Crippen LogP contribution in [0.4, 0.5) is 0 Å². The molecule has 1 fully saturated rings. The number of ether oxygens (including phenoxy) is 1. The van der Waals surface area contributed by atoms with E-state index in [4.69, 9.17) is 4.74 Å². The molecule has 0 amide bonds. The summed E-state index contributed by atoms with van der Waals surface area (Å²) in [6, 6.07) is 11.6. The van der Waals surface area contributed by atoms with Gasteiger partial charge in [0, 0.05) is 25.2 Å². The van der Waals surface area contributed by atoms with Gasteiger partial charge in [-0.05, 0) is 32.9 Å². The number of benzene rings is 1. The van der Waals surface area contributed by atoms with Gasteiger partial charge in [0.2, 0.25) is 0 Å². The van der Waals surface area contributed by atoms with E-state index in [1.165, 1.54) is 5.56 Å². The normalized spacial score (nSPS) is 27.2. The summed E-state index contributed by atoms with van der Waals surface area (Å²) in [4.78, 5) is 2.55. The Morgan fingerprint density at radius 2 is 1.80 bits per heavy atom. The molecule has 1 aromatic carbocycles. The van der Waals surface area contributed by atoms with Gasteiger partial charge in [0.05, 0.1) is 12.2 Å². The molecule has 4 atom stereocenters. The Morgan fingerprint density at radius 3 is 2.35 bits per heavy atom. The van der Waals surface area contributed by atoms with Crippen molar-refractivity contribution in [2.45, 2.75) is 52.0 Å². The molecule has 0 spiro atoms. The van der Waals surface area contributed by atoms with Crippen LogP contribution in [0.15, 0.2) is 30.3 Å². The van der Waals surface area contributed by atoms with Crippen molar-refractivity contribution in [1.82, 2.24) is 10.2 Å². The van der Waals surface area contributed by atoms with Crippen molar-refractivity contribution >= 4 is 0 Å². The highest BCUT2D eigenvalue weighted by Gasteiger charge is 2.30. The number of nitrogens with zero attached hydrogens (tertiary/aromatic N) is 1. The maximum absolute atomic E-state index is 5.85. The van der Waals surface area contributed by atoms with E-state index >= 15 is 0 Å². The minimum atomic E-state index is 0.319. The average Bonchev–Trinajstić information content (AvgIpc) is 2.44. The molecule has 3 heteroatoms. The van der Waals surface area contributed by atoms with Crippen LogP contribution >= 0.6 is 0 Å². The van der Waals surface area contributed by atoms with Crippen LogP contribution < -0.4 is 5.32 Å². The van der Waals surface area contributed by atoms with Crippen LogP contribution in [0.2, 0.25) is 0 Å². The van der Waals surface area contributed by atoms with Crippen molar-refractivity contribution < 1.29 is 4.74 Å². The number of morpholine rings is 1. The third kappa shape index (κ3) is 3.81. The monoisotopic (exact) mass is 276 g/mol. The van der Waals surface area contributed by atoms with Crippen LogP contribution in [-0.4, -0.2) is 42.8 Å². The highest BCUT2D eigenvalue weighted by Crippen LogP contribution is 2.24. The summed E-state index contributed by atoms with van der Waals surface area (Å²) in [7, 11) is 0. The highest BCUT2D eigenvalue weighted by molar-refractivity contribution is 5.20. The second-order valence-electron chi connectivity index (χ2n) is 5.90. The van der Waals surface area contributed by atoms with Gasteiger partial charge in [-0.1, -0.05) is 37.3 Å². The smallest absolute Gasteiger partial charge is 0.0678 e. The van der Waals surface area contributed by atoms with Gasteiger partial charge in [-0.15, -0.1) is 0 Å². The van der Waals surface area contributed by atoms with Gasteiger partial charge >= 0.3 is 0 Å². The van der Waals surface area contributed by atoms with E-state index in [9.17, 15) is 0 Å². The molecule has 2 unspecified atom stereocenters. The number of hydrogen-bond donors (Lipinski definition) is 1. The second kappa shape index (κ2) is 7.21. The first kappa shape index (κ1) is 15.5. The number of likely N-dealkylation sites (N-methyl/N-ethyl adjacent to an activating group) is 1. The van der Waals surface area contributed by atoms with Gasteiger partial charge in [0.1, 0.15) is 0 Å². The van der Waals surface area contributed by atoms with E-state index in [2.05, 4.69) is 68.2 Å². The quantitative estimate of drug-likeness (QED) is 0.895. The predicted octanol–water partition coefficient (Wildman–Crippen LogP) is 2.83. The van der Waals surface area contributed by atoms with Crippen molar-refractivity contribution in [2.24, 2.45) is 0 Å². The SMILES string of the molecule is CCNC(c1ccccc1)C(C)N1C[C@@H](C)O[C@@H](C)C1. The Kier molecular flexibility index (Phi) is 5.58. The summed E-state index contributed by atoms with van der Waals surface area (Å²) in [6.07, 6.45) is 0.637. The summed E-state index contributed by atoms with van der Waals surface area (Å²) in [6.45, 7) is 11.8. The molecule has 0 radical (unpaired) electrons. The summed E-state index contributed by atoms with van der Waals surface area (Å²) in [5.74, 6) is 0. The molecule has 1 heterocycles. The van der Waals surface area contributed by atoms with Gasteiger partial charge in [0.15, 0.2) is 0 Å². The van der Waals surface area contributed by atoms with Crippen LogP contribution in [0.1, 0.15) is 39.3 Å². The van der Waals surface area contributed by atoms with E-state index in [1.54, 1.807) is 0 Å². The predicted molar refractivity (Wildman–Crippen MR) is 83.9 cm³/mol. The lowest BCUT2D eigenvalue weighted by molar-refractivity contribution is -0.0822. The Bertz CT molecular complexity index is 385. The summed E-state index contributed by atoms with van der Waals surface area (Å²) < 4.78 is 5.85. The summed E-state index contributed by atoms with van der Waals surface area (Å²) in [5, 5.41) is 3.64. The van der Waals surface area contributed by atoms with Gasteiger partial charge in [-0.3, -0.25) is 4.90 Å². The summed E-state index contributed by atoms with van der Waals surface area (Å²) >= 11 is 0.